The zero-order valence-corrected chi connectivity index (χ0v) is 13.5. The van der Waals surface area contributed by atoms with Gasteiger partial charge in [-0.1, -0.05) is 30.3 Å². The summed E-state index contributed by atoms with van der Waals surface area (Å²) in [6.07, 6.45) is 1.66. The Kier molecular flexibility index (Phi) is 4.06. The largest absolute Gasteiger partial charge is 0.323 e. The molecule has 0 saturated heterocycles. The molecule has 0 aliphatic carbocycles. The van der Waals surface area contributed by atoms with Crippen molar-refractivity contribution in [3.05, 3.63) is 66.6 Å². The Morgan fingerprint density at radius 3 is 2.81 bits per heavy atom. The molecule has 0 aliphatic heterocycles. The van der Waals surface area contributed by atoms with Gasteiger partial charge < -0.3 is 5.32 Å². The Morgan fingerprint density at radius 1 is 1.08 bits per heavy atom. The number of hydrogen-bond donors (Lipinski definition) is 1. The molecule has 2 heterocycles. The monoisotopic (exact) mass is 348 g/mol. The second-order valence-electron chi connectivity index (χ2n) is 5.57. The second-order valence-corrected chi connectivity index (χ2v) is 5.57. The van der Waals surface area contributed by atoms with E-state index in [1.54, 1.807) is 30.5 Å². The zero-order valence-electron chi connectivity index (χ0n) is 13.5. The third kappa shape index (κ3) is 3.00. The molecule has 0 atom stereocenters. The molecule has 2 aromatic heterocycles. The van der Waals surface area contributed by atoms with Crippen molar-refractivity contribution in [2.45, 2.75) is 6.54 Å². The van der Waals surface area contributed by atoms with Gasteiger partial charge in [0.2, 0.25) is 5.91 Å². The van der Waals surface area contributed by atoms with E-state index >= 15 is 0 Å². The van der Waals surface area contributed by atoms with Crippen LogP contribution in [0.5, 0.6) is 0 Å². The topological polar surface area (TPSA) is 85.6 Å². The first-order valence-electron chi connectivity index (χ1n) is 7.87. The lowest BCUT2D eigenvalue weighted by atomic mass is 10.2. The Hall–Kier alpha value is -3.68. The number of amides is 1. The molecular weight excluding hydrogens is 335 g/mol. The van der Waals surface area contributed by atoms with Crippen LogP contribution in [-0.4, -0.2) is 31.1 Å². The van der Waals surface area contributed by atoms with Crippen molar-refractivity contribution < 1.29 is 9.18 Å². The van der Waals surface area contributed by atoms with Crippen molar-refractivity contribution in [2.24, 2.45) is 0 Å². The lowest BCUT2D eigenvalue weighted by Gasteiger charge is -2.09. The van der Waals surface area contributed by atoms with E-state index in [4.69, 9.17) is 0 Å². The first-order chi connectivity index (χ1) is 12.7. The van der Waals surface area contributed by atoms with Crippen molar-refractivity contribution >= 4 is 22.5 Å². The van der Waals surface area contributed by atoms with Gasteiger partial charge in [-0.2, -0.15) is 0 Å². The van der Waals surface area contributed by atoms with Gasteiger partial charge in [0.05, 0.1) is 16.8 Å². The van der Waals surface area contributed by atoms with Crippen molar-refractivity contribution in [3.63, 3.8) is 0 Å². The van der Waals surface area contributed by atoms with E-state index in [9.17, 15) is 9.18 Å². The summed E-state index contributed by atoms with van der Waals surface area (Å²) in [5, 5.41) is 14.9. The second kappa shape index (κ2) is 6.67. The summed E-state index contributed by atoms with van der Waals surface area (Å²) in [6, 6.07) is 15.4. The molecule has 26 heavy (non-hydrogen) atoms. The number of para-hydroxylation sites is 1. The smallest absolute Gasteiger partial charge is 0.246 e. The molecule has 7 nitrogen and oxygen atoms in total. The summed E-state index contributed by atoms with van der Waals surface area (Å²) < 4.78 is 15.2. The van der Waals surface area contributed by atoms with Crippen LogP contribution < -0.4 is 5.32 Å². The van der Waals surface area contributed by atoms with Crippen molar-refractivity contribution in [1.29, 1.82) is 0 Å². The van der Waals surface area contributed by atoms with Gasteiger partial charge in [0.1, 0.15) is 12.4 Å². The number of anilines is 1. The lowest BCUT2D eigenvalue weighted by Crippen LogP contribution is -2.20. The molecule has 1 amide bonds. The Balaban J connectivity index is 1.58. The van der Waals surface area contributed by atoms with E-state index in [-0.39, 0.29) is 23.8 Å². The predicted molar refractivity (Wildman–Crippen MR) is 93.6 cm³/mol. The van der Waals surface area contributed by atoms with Crippen LogP contribution in [0.3, 0.4) is 0 Å². The number of rotatable bonds is 4. The van der Waals surface area contributed by atoms with E-state index in [0.29, 0.717) is 11.2 Å². The number of tetrazole rings is 1. The molecule has 128 valence electrons. The SMILES string of the molecule is O=C(Cn1nnnc1-c1ccccc1F)Nc1cccc2cccnc12. The van der Waals surface area contributed by atoms with Crippen molar-refractivity contribution in [2.75, 3.05) is 5.32 Å². The molecule has 4 aromatic rings. The molecule has 0 radical (unpaired) electrons. The Bertz CT molecular complexity index is 1090. The van der Waals surface area contributed by atoms with Crippen LogP contribution in [0.25, 0.3) is 22.3 Å². The maximum absolute atomic E-state index is 14.0. The highest BCUT2D eigenvalue weighted by molar-refractivity contribution is 6.00. The molecule has 0 saturated carbocycles. The lowest BCUT2D eigenvalue weighted by molar-refractivity contribution is -0.116. The minimum absolute atomic E-state index is 0.153. The third-order valence-corrected chi connectivity index (χ3v) is 3.85. The first kappa shape index (κ1) is 15.8. The van der Waals surface area contributed by atoms with Gasteiger partial charge in [-0.3, -0.25) is 9.78 Å². The highest BCUT2D eigenvalue weighted by Crippen LogP contribution is 2.21. The number of hydrogen-bond acceptors (Lipinski definition) is 5. The van der Waals surface area contributed by atoms with Crippen molar-refractivity contribution in [1.82, 2.24) is 25.2 Å². The van der Waals surface area contributed by atoms with E-state index in [1.165, 1.54) is 10.7 Å². The van der Waals surface area contributed by atoms with Gasteiger partial charge in [-0.25, -0.2) is 9.07 Å². The fraction of sp³-hybridized carbons (Fsp3) is 0.0556. The average molecular weight is 348 g/mol. The molecule has 0 spiro atoms. The van der Waals surface area contributed by atoms with Gasteiger partial charge in [-0.05, 0) is 34.7 Å². The van der Waals surface area contributed by atoms with Crippen LogP contribution in [0.2, 0.25) is 0 Å². The molecule has 0 aliphatic rings. The van der Waals surface area contributed by atoms with Gasteiger partial charge in [0.25, 0.3) is 0 Å². The number of carbonyl (C=O) groups excluding carboxylic acids is 1. The summed E-state index contributed by atoms with van der Waals surface area (Å²) in [4.78, 5) is 16.7. The normalized spacial score (nSPS) is 10.8. The minimum atomic E-state index is -0.456. The number of nitrogens with zero attached hydrogens (tertiary/aromatic N) is 5. The summed E-state index contributed by atoms with van der Waals surface area (Å²) in [7, 11) is 0. The van der Waals surface area contributed by atoms with Crippen LogP contribution in [0.1, 0.15) is 0 Å². The Labute approximate surface area is 147 Å². The van der Waals surface area contributed by atoms with Crippen LogP contribution in [0.4, 0.5) is 10.1 Å². The van der Waals surface area contributed by atoms with E-state index in [0.717, 1.165) is 5.39 Å². The number of carbonyl (C=O) groups is 1. The van der Waals surface area contributed by atoms with E-state index in [1.807, 2.05) is 24.3 Å². The summed E-state index contributed by atoms with van der Waals surface area (Å²) in [6.45, 7) is -0.153. The number of fused-ring (bicyclic) bond motifs is 1. The number of pyridine rings is 1. The van der Waals surface area contributed by atoms with E-state index in [2.05, 4.69) is 25.8 Å². The number of nitrogens with one attached hydrogen (secondary N) is 1. The third-order valence-electron chi connectivity index (χ3n) is 3.85. The molecule has 1 N–H and O–H groups in total. The van der Waals surface area contributed by atoms with Crippen LogP contribution in [0, 0.1) is 5.82 Å². The van der Waals surface area contributed by atoms with Crippen molar-refractivity contribution in [3.8, 4) is 11.4 Å². The fourth-order valence-electron chi connectivity index (χ4n) is 2.68. The summed E-state index contributed by atoms with van der Waals surface area (Å²) in [5.41, 5.74) is 1.51. The quantitative estimate of drug-likeness (QED) is 0.613. The van der Waals surface area contributed by atoms with Gasteiger partial charge in [-0.15, -0.1) is 5.10 Å². The number of aromatic nitrogens is 5. The maximum atomic E-state index is 14.0. The highest BCUT2D eigenvalue weighted by Gasteiger charge is 2.16. The molecule has 0 fully saturated rings. The summed E-state index contributed by atoms with van der Waals surface area (Å²) in [5.74, 6) is -0.607. The Morgan fingerprint density at radius 2 is 1.92 bits per heavy atom. The summed E-state index contributed by atoms with van der Waals surface area (Å²) >= 11 is 0. The van der Waals surface area contributed by atoms with Crippen LogP contribution in [-0.2, 0) is 11.3 Å². The first-order valence-corrected chi connectivity index (χ1v) is 7.87. The molecule has 8 heteroatoms. The minimum Gasteiger partial charge on any atom is -0.323 e. The zero-order chi connectivity index (χ0) is 17.9. The van der Waals surface area contributed by atoms with Crippen LogP contribution in [0.15, 0.2) is 60.8 Å². The van der Waals surface area contributed by atoms with Gasteiger partial charge in [0, 0.05) is 11.6 Å². The molecule has 0 unspecified atom stereocenters. The number of benzene rings is 2. The van der Waals surface area contributed by atoms with E-state index < -0.39 is 5.82 Å². The standard InChI is InChI=1S/C18H13FN6O/c19-14-8-2-1-7-13(14)18-22-23-24-25(18)11-16(26)21-15-9-3-5-12-6-4-10-20-17(12)15/h1-10H,11H2,(H,21,26). The molecule has 4 rings (SSSR count). The van der Waals surface area contributed by atoms with Gasteiger partial charge in [0.15, 0.2) is 5.82 Å². The molecule has 2 aromatic carbocycles. The highest BCUT2D eigenvalue weighted by atomic mass is 19.1. The molecule has 0 bridgehead atoms. The van der Waals surface area contributed by atoms with Gasteiger partial charge >= 0.3 is 0 Å². The average Bonchev–Trinajstić information content (AvgIpc) is 3.10. The fourth-order valence-corrected chi connectivity index (χ4v) is 2.68. The van der Waals surface area contributed by atoms with Crippen LogP contribution >= 0.6 is 0 Å². The predicted octanol–water partition coefficient (Wildman–Crippen LogP) is 2.67. The maximum Gasteiger partial charge on any atom is 0.246 e. The number of halogens is 1. The molecular formula is C18H13FN6O.